The summed E-state index contributed by atoms with van der Waals surface area (Å²) < 4.78 is 14.5. The molecule has 5 nitrogen and oxygen atoms in total. The quantitative estimate of drug-likeness (QED) is 0.216. The Bertz CT molecular complexity index is 649. The van der Waals surface area contributed by atoms with Crippen molar-refractivity contribution in [3.05, 3.63) is 53.8 Å². The first kappa shape index (κ1) is 21.7. The molecule has 0 saturated heterocycles. The summed E-state index contributed by atoms with van der Waals surface area (Å²) >= 11 is 0. The Balaban J connectivity index is 3.21. The third kappa shape index (κ3) is 5.88. The van der Waals surface area contributed by atoms with E-state index >= 15 is 0 Å². The van der Waals surface area contributed by atoms with Crippen molar-refractivity contribution >= 4 is 25.4 Å². The number of hydrogen-bond acceptors (Lipinski definition) is 5. The molecule has 1 rings (SSSR count). The summed E-state index contributed by atoms with van der Waals surface area (Å²) in [7, 11) is 0.551. The number of carbonyl (C=O) groups is 2. The van der Waals surface area contributed by atoms with Crippen LogP contribution in [0, 0.1) is 0 Å². The van der Waals surface area contributed by atoms with E-state index in [1.165, 1.54) is 19.4 Å². The monoisotopic (exact) mass is 376 g/mol. The molecule has 0 spiro atoms. The molecule has 0 aliphatic carbocycles. The fourth-order valence-electron chi connectivity index (χ4n) is 2.93. The summed E-state index contributed by atoms with van der Waals surface area (Å²) in [5.74, 6) is -0.328. The van der Waals surface area contributed by atoms with Crippen LogP contribution in [0.5, 0.6) is 0 Å². The number of esters is 1. The van der Waals surface area contributed by atoms with E-state index < -0.39 is 14.2 Å². The van der Waals surface area contributed by atoms with Crippen molar-refractivity contribution in [1.82, 2.24) is 0 Å². The van der Waals surface area contributed by atoms with Crippen molar-refractivity contribution in [3.8, 4) is 0 Å². The van der Waals surface area contributed by atoms with Gasteiger partial charge in [-0.25, -0.2) is 9.59 Å². The smallest absolute Gasteiger partial charge is 0.466 e. The highest BCUT2D eigenvalue weighted by atomic mass is 28.3. The fourth-order valence-corrected chi connectivity index (χ4v) is 6.06. The van der Waals surface area contributed by atoms with Crippen molar-refractivity contribution in [2.45, 2.75) is 32.4 Å². The van der Waals surface area contributed by atoms with E-state index in [1.54, 1.807) is 6.08 Å². The number of hydrogen-bond donors (Lipinski definition) is 0. The van der Waals surface area contributed by atoms with Gasteiger partial charge in [-0.05, 0) is 19.3 Å². The predicted octanol–water partition coefficient (Wildman–Crippen LogP) is 3.75. The van der Waals surface area contributed by atoms with Gasteiger partial charge in [-0.15, -0.1) is 6.58 Å². The van der Waals surface area contributed by atoms with Crippen molar-refractivity contribution in [2.24, 2.45) is 0 Å². The van der Waals surface area contributed by atoms with Gasteiger partial charge in [0.15, 0.2) is 0 Å². The van der Waals surface area contributed by atoms with Crippen LogP contribution in [0.2, 0.25) is 13.1 Å². The molecule has 6 heteroatoms. The minimum absolute atomic E-state index is 0.234. The van der Waals surface area contributed by atoms with Gasteiger partial charge in [-0.3, -0.25) is 0 Å². The lowest BCUT2D eigenvalue weighted by Gasteiger charge is -2.29. The number of rotatable bonds is 9. The molecular formula is C20H28O5Si. The molecule has 0 bridgehead atoms. The van der Waals surface area contributed by atoms with Gasteiger partial charge in [0.25, 0.3) is 0 Å². The predicted molar refractivity (Wildman–Crippen MR) is 105 cm³/mol. The van der Waals surface area contributed by atoms with Crippen LogP contribution < -0.4 is 5.19 Å². The summed E-state index contributed by atoms with van der Waals surface area (Å²) in [5, 5.41) is 2.32. The number of benzene rings is 1. The first-order chi connectivity index (χ1) is 12.4. The first-order valence-electron chi connectivity index (χ1n) is 8.56. The molecule has 0 heterocycles. The minimum atomic E-state index is -2.11. The van der Waals surface area contributed by atoms with E-state index in [0.29, 0.717) is 24.8 Å². The van der Waals surface area contributed by atoms with E-state index in [0.717, 1.165) is 5.20 Å². The lowest BCUT2D eigenvalue weighted by atomic mass is 10.1. The van der Waals surface area contributed by atoms with Gasteiger partial charge < -0.3 is 14.2 Å². The van der Waals surface area contributed by atoms with Crippen LogP contribution in [-0.2, 0) is 19.0 Å². The summed E-state index contributed by atoms with van der Waals surface area (Å²) in [5.41, 5.74) is 0.654. The van der Waals surface area contributed by atoms with Crippen LogP contribution in [0.3, 0.4) is 0 Å². The molecule has 1 aromatic rings. The lowest BCUT2D eigenvalue weighted by Crippen LogP contribution is -2.45. The van der Waals surface area contributed by atoms with Gasteiger partial charge >= 0.3 is 12.1 Å². The van der Waals surface area contributed by atoms with E-state index in [4.69, 9.17) is 9.47 Å². The lowest BCUT2D eigenvalue weighted by molar-refractivity contribution is -0.136. The van der Waals surface area contributed by atoms with Crippen LogP contribution in [0.15, 0.2) is 53.8 Å². The highest BCUT2D eigenvalue weighted by molar-refractivity contribution is 6.96. The molecule has 0 unspecified atom stereocenters. The number of methoxy groups -OCH3 is 2. The molecule has 0 atom stereocenters. The minimum Gasteiger partial charge on any atom is -0.466 e. The van der Waals surface area contributed by atoms with Crippen molar-refractivity contribution < 1.29 is 23.8 Å². The molecule has 0 fully saturated rings. The zero-order valence-corrected chi connectivity index (χ0v) is 17.0. The topological polar surface area (TPSA) is 61.8 Å². The van der Waals surface area contributed by atoms with Crippen LogP contribution in [0.25, 0.3) is 0 Å². The molecule has 0 saturated carbocycles. The summed E-state index contributed by atoms with van der Waals surface area (Å²) in [6.07, 6.45) is 2.71. The second-order valence-electron chi connectivity index (χ2n) is 6.34. The van der Waals surface area contributed by atoms with Crippen molar-refractivity contribution in [3.63, 3.8) is 0 Å². The van der Waals surface area contributed by atoms with Gasteiger partial charge in [0, 0.05) is 5.57 Å². The van der Waals surface area contributed by atoms with Crippen molar-refractivity contribution in [2.75, 3.05) is 20.8 Å². The highest BCUT2D eigenvalue weighted by Crippen LogP contribution is 2.27. The molecule has 0 radical (unpaired) electrons. The van der Waals surface area contributed by atoms with Gasteiger partial charge in [-0.2, -0.15) is 0 Å². The molecule has 142 valence electrons. The standard InChI is InChI=1S/C20H28O5Si/c1-6-11-17(19(21)23-2)18(14-10-15-25-20(22)24-3)26(4,5)16-12-8-7-9-13-16/h6-9,12-13H,1,10-11,14-15H2,2-5H3/b18-17+. The number of allylic oxidation sites excluding steroid dienone is 2. The fraction of sp³-hybridized carbons (Fsp3) is 0.400. The Hall–Kier alpha value is -2.34. The van der Waals surface area contributed by atoms with Gasteiger partial charge in [0.1, 0.15) is 8.07 Å². The molecule has 1 aromatic carbocycles. The molecule has 26 heavy (non-hydrogen) atoms. The van der Waals surface area contributed by atoms with Crippen LogP contribution in [0.1, 0.15) is 19.3 Å². The summed E-state index contributed by atoms with van der Waals surface area (Å²) in [6, 6.07) is 10.2. The maximum Gasteiger partial charge on any atom is 0.507 e. The second kappa shape index (κ2) is 10.6. The molecule has 0 amide bonds. The SMILES string of the molecule is C=CC/C(C(=O)OC)=C(/CCCOC(=O)OC)[Si](C)(C)c1ccccc1. The molecule has 0 aliphatic heterocycles. The summed E-state index contributed by atoms with van der Waals surface area (Å²) in [6.45, 7) is 8.43. The Morgan fingerprint density at radius 2 is 1.77 bits per heavy atom. The second-order valence-corrected chi connectivity index (χ2v) is 10.8. The molecular weight excluding hydrogens is 348 g/mol. The largest absolute Gasteiger partial charge is 0.507 e. The average molecular weight is 377 g/mol. The average Bonchev–Trinajstić information content (AvgIpc) is 2.66. The Morgan fingerprint density at radius 1 is 1.12 bits per heavy atom. The van der Waals surface area contributed by atoms with Gasteiger partial charge in [-0.1, -0.05) is 59.9 Å². The zero-order valence-electron chi connectivity index (χ0n) is 16.0. The molecule has 0 aliphatic rings. The Labute approximate surface area is 156 Å². The van der Waals surface area contributed by atoms with E-state index in [-0.39, 0.29) is 12.6 Å². The van der Waals surface area contributed by atoms with Gasteiger partial charge in [0.05, 0.1) is 20.8 Å². The summed E-state index contributed by atoms with van der Waals surface area (Å²) in [4.78, 5) is 23.5. The van der Waals surface area contributed by atoms with Crippen LogP contribution in [0.4, 0.5) is 4.79 Å². The third-order valence-corrected chi connectivity index (χ3v) is 8.19. The Kier molecular flexibility index (Phi) is 8.85. The van der Waals surface area contributed by atoms with Crippen LogP contribution in [-0.4, -0.2) is 41.0 Å². The maximum absolute atomic E-state index is 12.4. The maximum atomic E-state index is 12.4. The van der Waals surface area contributed by atoms with E-state index in [9.17, 15) is 9.59 Å². The Morgan fingerprint density at radius 3 is 2.31 bits per heavy atom. The molecule has 0 aromatic heterocycles. The first-order valence-corrected chi connectivity index (χ1v) is 11.6. The highest BCUT2D eigenvalue weighted by Gasteiger charge is 2.32. The van der Waals surface area contributed by atoms with E-state index in [1.807, 2.05) is 18.2 Å². The normalized spacial score (nSPS) is 12.0. The van der Waals surface area contributed by atoms with Crippen molar-refractivity contribution in [1.29, 1.82) is 0 Å². The number of carbonyl (C=O) groups excluding carboxylic acids is 2. The molecule has 0 N–H and O–H groups in total. The van der Waals surface area contributed by atoms with E-state index in [2.05, 4.69) is 36.5 Å². The number of ether oxygens (including phenoxy) is 3. The van der Waals surface area contributed by atoms with Crippen LogP contribution >= 0.6 is 0 Å². The van der Waals surface area contributed by atoms with Gasteiger partial charge in [0.2, 0.25) is 0 Å². The third-order valence-electron chi connectivity index (χ3n) is 4.35. The zero-order chi connectivity index (χ0) is 19.6.